The molecule has 1 aromatic carbocycles. The van der Waals surface area contributed by atoms with Gasteiger partial charge in [-0.15, -0.1) is 0 Å². The summed E-state index contributed by atoms with van der Waals surface area (Å²) in [4.78, 5) is 12.2. The standard InChI is InChI=1S/C19H23BrN2O/c1-4-15(5-2)16-8-10-22(11-9-16)13-19(23)21-18-7-6-14(3)12-17(18)20/h6-12,15H,4-5,13H2,1-3H3/p+1. The van der Waals surface area contributed by atoms with Crippen molar-refractivity contribution >= 4 is 27.5 Å². The molecule has 122 valence electrons. The highest BCUT2D eigenvalue weighted by molar-refractivity contribution is 9.10. The van der Waals surface area contributed by atoms with Crippen LogP contribution in [0.1, 0.15) is 43.7 Å². The van der Waals surface area contributed by atoms with E-state index in [1.54, 1.807) is 0 Å². The SMILES string of the molecule is CCC(CC)c1cc[n+](CC(=O)Nc2ccc(C)cc2Br)cc1. The number of amides is 1. The summed E-state index contributed by atoms with van der Waals surface area (Å²) in [6, 6.07) is 10.1. The van der Waals surface area contributed by atoms with Crippen LogP contribution in [0.2, 0.25) is 0 Å². The van der Waals surface area contributed by atoms with Gasteiger partial charge in [-0.1, -0.05) is 19.9 Å². The molecule has 0 aliphatic carbocycles. The molecular weight excluding hydrogens is 352 g/mol. The van der Waals surface area contributed by atoms with Gasteiger partial charge in [0.15, 0.2) is 12.4 Å². The maximum atomic E-state index is 12.2. The van der Waals surface area contributed by atoms with Crippen molar-refractivity contribution in [3.05, 3.63) is 58.3 Å². The van der Waals surface area contributed by atoms with Crippen molar-refractivity contribution in [2.24, 2.45) is 0 Å². The number of hydrogen-bond acceptors (Lipinski definition) is 1. The van der Waals surface area contributed by atoms with Crippen LogP contribution in [0.25, 0.3) is 0 Å². The van der Waals surface area contributed by atoms with E-state index in [4.69, 9.17) is 0 Å². The number of hydrogen-bond donors (Lipinski definition) is 1. The molecule has 1 N–H and O–H groups in total. The third-order valence-corrected chi connectivity index (χ3v) is 4.75. The number of pyridine rings is 1. The van der Waals surface area contributed by atoms with Crippen LogP contribution in [0.3, 0.4) is 0 Å². The van der Waals surface area contributed by atoms with Crippen molar-refractivity contribution in [1.82, 2.24) is 0 Å². The first-order chi connectivity index (χ1) is 11.0. The number of carbonyl (C=O) groups is 1. The molecular formula is C19H24BrN2O+. The topological polar surface area (TPSA) is 33.0 Å². The Morgan fingerprint density at radius 3 is 2.39 bits per heavy atom. The molecule has 0 radical (unpaired) electrons. The van der Waals surface area contributed by atoms with E-state index in [2.05, 4.69) is 47.2 Å². The summed E-state index contributed by atoms with van der Waals surface area (Å²) in [6.45, 7) is 6.75. The quantitative estimate of drug-likeness (QED) is 0.735. The van der Waals surface area contributed by atoms with Gasteiger partial charge in [0, 0.05) is 16.6 Å². The van der Waals surface area contributed by atoms with Crippen molar-refractivity contribution in [1.29, 1.82) is 0 Å². The summed E-state index contributed by atoms with van der Waals surface area (Å²) in [5.41, 5.74) is 3.30. The first-order valence-corrected chi connectivity index (χ1v) is 8.87. The lowest BCUT2D eigenvalue weighted by Crippen LogP contribution is -2.39. The molecule has 0 atom stereocenters. The van der Waals surface area contributed by atoms with Crippen molar-refractivity contribution < 1.29 is 9.36 Å². The fourth-order valence-electron chi connectivity index (χ4n) is 2.68. The number of benzene rings is 1. The third kappa shape index (κ3) is 4.90. The molecule has 1 amide bonds. The van der Waals surface area contributed by atoms with Gasteiger partial charge in [-0.05, 0) is 64.9 Å². The molecule has 0 fully saturated rings. The molecule has 1 heterocycles. The highest BCUT2D eigenvalue weighted by atomic mass is 79.9. The van der Waals surface area contributed by atoms with E-state index in [-0.39, 0.29) is 5.91 Å². The summed E-state index contributed by atoms with van der Waals surface area (Å²) >= 11 is 3.48. The Kier molecular flexibility index (Phi) is 6.34. The Morgan fingerprint density at radius 2 is 1.83 bits per heavy atom. The van der Waals surface area contributed by atoms with E-state index in [0.29, 0.717) is 12.5 Å². The van der Waals surface area contributed by atoms with Crippen LogP contribution >= 0.6 is 15.9 Å². The fraction of sp³-hybridized carbons (Fsp3) is 0.368. The first kappa shape index (κ1) is 17.7. The number of aromatic nitrogens is 1. The molecule has 3 nitrogen and oxygen atoms in total. The number of nitrogens with one attached hydrogen (secondary N) is 1. The lowest BCUT2D eigenvalue weighted by atomic mass is 9.95. The van der Waals surface area contributed by atoms with E-state index in [1.165, 1.54) is 5.56 Å². The van der Waals surface area contributed by atoms with E-state index < -0.39 is 0 Å². The van der Waals surface area contributed by atoms with Crippen LogP contribution in [0.15, 0.2) is 47.2 Å². The fourth-order valence-corrected chi connectivity index (χ4v) is 3.28. The van der Waals surface area contributed by atoms with E-state index in [0.717, 1.165) is 28.6 Å². The highest BCUT2D eigenvalue weighted by Gasteiger charge is 2.13. The Labute approximate surface area is 146 Å². The molecule has 1 aromatic heterocycles. The second-order valence-corrected chi connectivity index (χ2v) is 6.70. The van der Waals surface area contributed by atoms with Crippen LogP contribution in [0.5, 0.6) is 0 Å². The lowest BCUT2D eigenvalue weighted by Gasteiger charge is -2.11. The van der Waals surface area contributed by atoms with Crippen LogP contribution in [0, 0.1) is 6.92 Å². The van der Waals surface area contributed by atoms with Gasteiger partial charge in [-0.2, -0.15) is 4.57 Å². The molecule has 0 unspecified atom stereocenters. The van der Waals surface area contributed by atoms with Gasteiger partial charge in [-0.25, -0.2) is 0 Å². The smallest absolute Gasteiger partial charge is 0.290 e. The number of anilines is 1. The monoisotopic (exact) mass is 375 g/mol. The first-order valence-electron chi connectivity index (χ1n) is 8.08. The molecule has 4 heteroatoms. The summed E-state index contributed by atoms with van der Waals surface area (Å²) in [6.07, 6.45) is 6.25. The third-order valence-electron chi connectivity index (χ3n) is 4.10. The van der Waals surface area contributed by atoms with E-state index in [1.807, 2.05) is 42.1 Å². The summed E-state index contributed by atoms with van der Waals surface area (Å²) < 4.78 is 2.81. The predicted molar refractivity (Wildman–Crippen MR) is 97.5 cm³/mol. The van der Waals surface area contributed by atoms with Crippen molar-refractivity contribution in [3.8, 4) is 0 Å². The zero-order chi connectivity index (χ0) is 16.8. The molecule has 23 heavy (non-hydrogen) atoms. The Bertz CT molecular complexity index is 664. The largest absolute Gasteiger partial charge is 0.320 e. The second-order valence-electron chi connectivity index (χ2n) is 5.85. The average Bonchev–Trinajstić information content (AvgIpc) is 2.53. The molecule has 0 bridgehead atoms. The number of nitrogens with zero attached hydrogens (tertiary/aromatic N) is 1. The van der Waals surface area contributed by atoms with Crippen molar-refractivity contribution in [2.75, 3.05) is 5.32 Å². The maximum Gasteiger partial charge on any atom is 0.290 e. The highest BCUT2D eigenvalue weighted by Crippen LogP contribution is 2.23. The van der Waals surface area contributed by atoms with Crippen LogP contribution in [-0.2, 0) is 11.3 Å². The Hall–Kier alpha value is -1.68. The van der Waals surface area contributed by atoms with Crippen molar-refractivity contribution in [3.63, 3.8) is 0 Å². The second kappa shape index (κ2) is 8.25. The number of carbonyl (C=O) groups excluding carboxylic acids is 1. The molecule has 0 aliphatic heterocycles. The number of rotatable bonds is 6. The van der Waals surface area contributed by atoms with Gasteiger partial charge in [0.05, 0.1) is 5.69 Å². The normalized spacial score (nSPS) is 10.8. The Balaban J connectivity index is 2.00. The van der Waals surface area contributed by atoms with Crippen LogP contribution in [0.4, 0.5) is 5.69 Å². The van der Waals surface area contributed by atoms with Gasteiger partial charge < -0.3 is 5.32 Å². The minimum Gasteiger partial charge on any atom is -0.320 e. The van der Waals surface area contributed by atoms with E-state index in [9.17, 15) is 4.79 Å². The van der Waals surface area contributed by atoms with Gasteiger partial charge in [0.2, 0.25) is 6.54 Å². The predicted octanol–water partition coefficient (Wildman–Crippen LogP) is 4.59. The summed E-state index contributed by atoms with van der Waals surface area (Å²) in [7, 11) is 0. The zero-order valence-electron chi connectivity index (χ0n) is 14.0. The summed E-state index contributed by atoms with van der Waals surface area (Å²) in [5, 5.41) is 2.94. The zero-order valence-corrected chi connectivity index (χ0v) is 15.6. The number of halogens is 1. The number of aryl methyl sites for hydroxylation is 1. The minimum atomic E-state index is -0.0326. The average molecular weight is 376 g/mol. The van der Waals surface area contributed by atoms with Crippen molar-refractivity contribution in [2.45, 2.75) is 46.1 Å². The van der Waals surface area contributed by atoms with Crippen LogP contribution in [-0.4, -0.2) is 5.91 Å². The molecule has 2 aromatic rings. The molecule has 0 saturated heterocycles. The maximum absolute atomic E-state index is 12.2. The Morgan fingerprint density at radius 1 is 1.17 bits per heavy atom. The van der Waals surface area contributed by atoms with E-state index >= 15 is 0 Å². The minimum absolute atomic E-state index is 0.0326. The molecule has 0 spiro atoms. The molecule has 0 saturated carbocycles. The molecule has 2 rings (SSSR count). The molecule has 0 aliphatic rings. The lowest BCUT2D eigenvalue weighted by molar-refractivity contribution is -0.684. The van der Waals surface area contributed by atoms with Crippen LogP contribution < -0.4 is 9.88 Å². The van der Waals surface area contributed by atoms with Gasteiger partial charge in [0.1, 0.15) is 0 Å². The summed E-state index contributed by atoms with van der Waals surface area (Å²) in [5.74, 6) is 0.567. The van der Waals surface area contributed by atoms with Gasteiger partial charge in [0.25, 0.3) is 5.91 Å². The van der Waals surface area contributed by atoms with Gasteiger partial charge in [-0.3, -0.25) is 4.79 Å². The van der Waals surface area contributed by atoms with Gasteiger partial charge >= 0.3 is 0 Å².